The number of nitrogen functional groups attached to an aromatic ring is 3. The number of amides is 3. The van der Waals surface area contributed by atoms with Gasteiger partial charge in [-0.05, 0) is 167 Å². The van der Waals surface area contributed by atoms with Crippen molar-refractivity contribution in [2.24, 2.45) is 0 Å². The molecule has 3 atom stereocenters. The van der Waals surface area contributed by atoms with E-state index in [1.54, 1.807) is 93.3 Å². The van der Waals surface area contributed by atoms with Crippen LogP contribution in [0, 0.1) is 17.5 Å². The Morgan fingerprint density at radius 3 is 1.55 bits per heavy atom. The van der Waals surface area contributed by atoms with Crippen LogP contribution in [0.15, 0.2) is 114 Å². The van der Waals surface area contributed by atoms with Crippen LogP contribution < -0.4 is 31.4 Å². The predicted molar refractivity (Wildman–Crippen MR) is 417 cm³/mol. The average molecular weight is 1660 g/mol. The smallest absolute Gasteiger partial charge is 0.410 e. The number of anilines is 3. The molecule has 0 radical (unpaired) electrons. The quantitative estimate of drug-likeness (QED) is 0.0597. The van der Waals surface area contributed by atoms with E-state index in [9.17, 15) is 37.1 Å². The summed E-state index contributed by atoms with van der Waals surface area (Å²) < 4.78 is 97.2. The molecule has 0 aliphatic carbocycles. The van der Waals surface area contributed by atoms with Crippen LogP contribution in [0.2, 0.25) is 0 Å². The fourth-order valence-electron chi connectivity index (χ4n) is 10.6. The maximum atomic E-state index is 14.0. The van der Waals surface area contributed by atoms with Gasteiger partial charge >= 0.3 is 24.1 Å². The van der Waals surface area contributed by atoms with E-state index in [1.807, 2.05) is 41.5 Å². The number of nitrogens with zero attached hydrogens (tertiary/aromatic N) is 9. The van der Waals surface area contributed by atoms with Crippen LogP contribution in [0.3, 0.4) is 0 Å². The molecule has 3 amide bonds. The van der Waals surface area contributed by atoms with Gasteiger partial charge in [0.2, 0.25) is 0 Å². The van der Waals surface area contributed by atoms with Crippen molar-refractivity contribution in [3.05, 3.63) is 186 Å². The van der Waals surface area contributed by atoms with E-state index in [4.69, 9.17) is 63.9 Å². The second-order valence-corrected chi connectivity index (χ2v) is 28.0. The number of aryl methyl sites for hydroxylation is 3. The molecule has 6 N–H and O–H groups in total. The lowest BCUT2D eigenvalue weighted by Crippen LogP contribution is -2.34. The van der Waals surface area contributed by atoms with Crippen LogP contribution >= 0.6 is 31.9 Å². The number of methoxy groups -OCH3 is 2. The van der Waals surface area contributed by atoms with Crippen LogP contribution in [0.25, 0.3) is 22.3 Å². The number of esters is 2. The number of halogens is 5. The summed E-state index contributed by atoms with van der Waals surface area (Å²) in [5.74, 6) is 0.543. The van der Waals surface area contributed by atoms with Crippen molar-refractivity contribution in [1.82, 2.24) is 45.1 Å². The maximum absolute atomic E-state index is 14.0. The lowest BCUT2D eigenvalue weighted by Gasteiger charge is -2.24. The van der Waals surface area contributed by atoms with Gasteiger partial charge in [0.1, 0.15) is 75.6 Å². The number of ether oxygens (including phenoxy) is 7. The van der Waals surface area contributed by atoms with E-state index in [-0.39, 0.29) is 81.7 Å². The molecule has 7 heterocycles. The Morgan fingerprint density at radius 2 is 1.05 bits per heavy atom. The number of benzene rings is 3. The standard InChI is InChI=1S/C27H33FN4O6.C21H21FN4O3.C15H14BrFN2O3.C12H19BrN2O3.3CH4/c1-8-21-23(20(31-38-21)14-32(6)26(34)37-27(3,4)5)16-11-22(24(29)30-13-16)36-15(2)19-12-17(28)9-10-18(19)25(33)35-7;1-4-17-19-12-7-18(20(23)24-9-12)28-11(2)15-8-13(22)5-6-14(15)21(27)26(3)10-16(19)25-29-17;1-8(22-13-5-9(16)7-19-14(13)18)12-6-10(17)3-4-11(12)15(20)21-2;1-6-9-10(13)8(14-18-9)7-15(5)11(16)17-12(2,3)4;;;/h9-13,15H,8,14H2,1-7H3,(H2,29,30);5-9,11H,4,10H2,1-3H3,(H2,23,24);3-8H,1-2H3,(H2,18,19);6-7H2,1-5H3;3*1H4/t15-;11-;8-;;;;/m111..../s1. The Labute approximate surface area is 656 Å². The van der Waals surface area contributed by atoms with Crippen LogP contribution in [0.5, 0.6) is 17.2 Å². The van der Waals surface area contributed by atoms with Crippen molar-refractivity contribution < 1.29 is 83.9 Å². The lowest BCUT2D eigenvalue weighted by molar-refractivity contribution is 0.0272. The number of aromatic nitrogens is 6. The van der Waals surface area contributed by atoms with E-state index in [1.165, 1.54) is 89.7 Å². The zero-order valence-corrected chi connectivity index (χ0v) is 65.6. The number of nitrogens with two attached hydrogens (primary N) is 3. The summed E-state index contributed by atoms with van der Waals surface area (Å²) in [6.45, 7) is 22.5. The molecule has 0 unspecified atom stereocenters. The first-order valence-electron chi connectivity index (χ1n) is 33.6. The molecule has 10 rings (SSSR count). The predicted octanol–water partition coefficient (Wildman–Crippen LogP) is 17.8. The maximum Gasteiger partial charge on any atom is 0.410 e. The summed E-state index contributed by atoms with van der Waals surface area (Å²) in [7, 11) is 7.45. The monoisotopic (exact) mass is 1660 g/mol. The van der Waals surface area contributed by atoms with Crippen molar-refractivity contribution in [1.29, 1.82) is 0 Å². The molecular weight excluding hydrogens is 1560 g/mol. The molecular formula is C78H99Br2F3N12O15. The number of hydrogen-bond acceptors (Lipinski definition) is 24. The molecule has 110 heavy (non-hydrogen) atoms. The Balaban J connectivity index is 0.000000318. The van der Waals surface area contributed by atoms with E-state index < -0.39 is 65.0 Å². The fourth-order valence-corrected chi connectivity index (χ4v) is 11.4. The van der Waals surface area contributed by atoms with Crippen molar-refractivity contribution in [3.8, 4) is 39.5 Å². The highest BCUT2D eigenvalue weighted by molar-refractivity contribution is 9.10. The molecule has 1 aliphatic heterocycles. The second-order valence-electron chi connectivity index (χ2n) is 26.3. The zero-order chi connectivity index (χ0) is 79.1. The van der Waals surface area contributed by atoms with Crippen LogP contribution in [-0.2, 0) is 57.8 Å². The average Bonchev–Trinajstić information content (AvgIpc) is 1.58. The van der Waals surface area contributed by atoms with Crippen molar-refractivity contribution >= 4 is 79.3 Å². The van der Waals surface area contributed by atoms with Gasteiger partial charge in [0.15, 0.2) is 40.5 Å². The van der Waals surface area contributed by atoms with E-state index in [0.29, 0.717) is 97.3 Å². The first-order valence-corrected chi connectivity index (χ1v) is 35.2. The number of rotatable bonds is 16. The third kappa shape index (κ3) is 23.9. The van der Waals surface area contributed by atoms with Gasteiger partial charge in [-0.15, -0.1) is 0 Å². The van der Waals surface area contributed by atoms with Gasteiger partial charge in [0.25, 0.3) is 5.91 Å². The molecule has 3 aromatic carbocycles. The minimum atomic E-state index is -0.773. The molecule has 2 bridgehead atoms. The third-order valence-corrected chi connectivity index (χ3v) is 17.1. The van der Waals surface area contributed by atoms with Gasteiger partial charge in [-0.1, -0.05) is 58.5 Å². The Morgan fingerprint density at radius 1 is 0.609 bits per heavy atom. The topological polar surface area (TPSA) is 354 Å². The van der Waals surface area contributed by atoms with Gasteiger partial charge in [0, 0.05) is 96.8 Å². The molecule has 0 spiro atoms. The summed E-state index contributed by atoms with van der Waals surface area (Å²) in [5.41, 5.74) is 23.1. The molecule has 0 fully saturated rings. The molecule has 9 aromatic rings. The van der Waals surface area contributed by atoms with Crippen LogP contribution in [-0.4, -0.2) is 122 Å². The Hall–Kier alpha value is -10.8. The first-order chi connectivity index (χ1) is 50.4. The zero-order valence-electron chi connectivity index (χ0n) is 62.4. The molecule has 0 saturated carbocycles. The third-order valence-electron chi connectivity index (χ3n) is 15.8. The Bertz CT molecular complexity index is 4660. The van der Waals surface area contributed by atoms with Crippen molar-refractivity contribution in [2.75, 3.05) is 52.6 Å². The highest BCUT2D eigenvalue weighted by Gasteiger charge is 2.30. The summed E-state index contributed by atoms with van der Waals surface area (Å²) in [4.78, 5) is 78.2. The van der Waals surface area contributed by atoms with E-state index >= 15 is 0 Å². The van der Waals surface area contributed by atoms with Crippen molar-refractivity contribution in [2.45, 2.75) is 174 Å². The summed E-state index contributed by atoms with van der Waals surface area (Å²) in [5, 5.41) is 12.3. The highest BCUT2D eigenvalue weighted by Crippen LogP contribution is 2.39. The largest absolute Gasteiger partial charge is 0.482 e. The second kappa shape index (κ2) is 40.1. The van der Waals surface area contributed by atoms with Crippen molar-refractivity contribution in [3.63, 3.8) is 0 Å². The lowest BCUT2D eigenvalue weighted by atomic mass is 10.00. The highest BCUT2D eigenvalue weighted by atomic mass is 79.9. The van der Waals surface area contributed by atoms with E-state index in [0.717, 1.165) is 27.8 Å². The first kappa shape index (κ1) is 91.6. The number of carbonyl (C=O) groups excluding carboxylic acids is 5. The molecule has 27 nitrogen and oxygen atoms in total. The van der Waals surface area contributed by atoms with Gasteiger partial charge in [0.05, 0.1) is 60.6 Å². The van der Waals surface area contributed by atoms with Crippen LogP contribution in [0.1, 0.15) is 206 Å². The summed E-state index contributed by atoms with van der Waals surface area (Å²) in [6, 6.07) is 16.6. The fraction of sp³-hybridized carbons (Fsp3) is 0.397. The van der Waals surface area contributed by atoms with Gasteiger partial charge in [-0.2, -0.15) is 0 Å². The summed E-state index contributed by atoms with van der Waals surface area (Å²) >= 11 is 6.69. The normalized spacial score (nSPS) is 12.7. The number of pyridine rings is 3. The molecule has 1 aliphatic rings. The molecule has 596 valence electrons. The van der Waals surface area contributed by atoms with Gasteiger partial charge < -0.3 is 78.6 Å². The minimum absolute atomic E-state index is 0. The Kier molecular flexibility index (Phi) is 33.4. The van der Waals surface area contributed by atoms with Crippen LogP contribution in [0.4, 0.5) is 40.2 Å². The SMILES string of the molecule is C.C.C.CCc1onc(CN(C)C(=O)OC(C)(C)C)c1-c1cnc(N)c(O[C@H](C)c2cc(F)ccc2C(=O)OC)c1.CCc1onc(CN(C)C(=O)OC(C)(C)C)c1Br.CCc1onc2c1-c1cnc(N)c(c1)O[C@H](C)c1cc(F)ccc1C(=O)N(C)C2.COC(=O)c1ccc(F)cc1[C@@H](C)Oc1cc(Br)cnc1N. The number of carbonyl (C=O) groups is 5. The number of hydrogen-bond donors (Lipinski definition) is 3. The van der Waals surface area contributed by atoms with Gasteiger partial charge in [-0.3, -0.25) is 4.79 Å². The van der Waals surface area contributed by atoms with Gasteiger partial charge in [-0.25, -0.2) is 47.3 Å². The molecule has 32 heteroatoms. The number of fused-ring (bicyclic) bond motifs is 5. The molecule has 6 aromatic heterocycles. The van der Waals surface area contributed by atoms with E-state index in [2.05, 4.69) is 62.3 Å². The summed E-state index contributed by atoms with van der Waals surface area (Å²) in [6.07, 6.45) is 3.72. The molecule has 0 saturated heterocycles. The minimum Gasteiger partial charge on any atom is -0.482 e.